The van der Waals surface area contributed by atoms with Crippen LogP contribution < -0.4 is 5.32 Å². The molecule has 16 heavy (non-hydrogen) atoms. The van der Waals surface area contributed by atoms with Gasteiger partial charge in [-0.3, -0.25) is 10.1 Å². The Kier molecular flexibility index (Phi) is 3.85. The maximum Gasteiger partial charge on any atom is 0.241 e. The quantitative estimate of drug-likeness (QED) is 0.795. The van der Waals surface area contributed by atoms with E-state index < -0.39 is 0 Å². The Morgan fingerprint density at radius 3 is 2.56 bits per heavy atom. The number of amides is 1. The van der Waals surface area contributed by atoms with Crippen molar-refractivity contribution in [2.75, 3.05) is 13.2 Å². The number of hydrogen-bond acceptors (Lipinski definition) is 2. The van der Waals surface area contributed by atoms with Crippen LogP contribution in [0.4, 0.5) is 0 Å². The fourth-order valence-corrected chi connectivity index (χ4v) is 2.93. The Morgan fingerprint density at radius 2 is 2.00 bits per heavy atom. The van der Waals surface area contributed by atoms with Gasteiger partial charge in [0.05, 0.1) is 12.7 Å². The lowest BCUT2D eigenvalue weighted by Crippen LogP contribution is -2.36. The number of carbonyl (C=O) groups is 1. The highest BCUT2D eigenvalue weighted by Crippen LogP contribution is 2.25. The van der Waals surface area contributed by atoms with Gasteiger partial charge in [0.25, 0.3) is 0 Å². The molecule has 1 N–H and O–H groups in total. The first-order valence-corrected chi connectivity index (χ1v) is 6.70. The van der Waals surface area contributed by atoms with Crippen LogP contribution in [0.3, 0.4) is 0 Å². The summed E-state index contributed by atoms with van der Waals surface area (Å²) in [6, 6.07) is 0.0589. The van der Waals surface area contributed by atoms with E-state index in [0.29, 0.717) is 11.8 Å². The summed E-state index contributed by atoms with van der Waals surface area (Å²) in [5, 5.41) is 3.32. The molecule has 1 unspecified atom stereocenters. The van der Waals surface area contributed by atoms with Gasteiger partial charge in [0.1, 0.15) is 0 Å². The topological polar surface area (TPSA) is 32.3 Å². The molecule has 0 radical (unpaired) electrons. The van der Waals surface area contributed by atoms with Crippen LogP contribution in [0.2, 0.25) is 0 Å². The lowest BCUT2D eigenvalue weighted by Gasteiger charge is -2.26. The predicted molar refractivity (Wildman–Crippen MR) is 64.9 cm³/mol. The fraction of sp³-hybridized carbons (Fsp3) is 0.923. The van der Waals surface area contributed by atoms with E-state index in [9.17, 15) is 4.79 Å². The molecule has 1 amide bonds. The van der Waals surface area contributed by atoms with Crippen molar-refractivity contribution >= 4 is 5.91 Å². The molecule has 1 saturated carbocycles. The minimum Gasteiger partial charge on any atom is -0.328 e. The Bertz CT molecular complexity index is 246. The van der Waals surface area contributed by atoms with E-state index in [1.165, 1.54) is 32.1 Å². The molecule has 2 aliphatic rings. The molecule has 1 saturated heterocycles. The fourth-order valence-electron chi connectivity index (χ4n) is 2.93. The third-order valence-electron chi connectivity index (χ3n) is 3.95. The molecular weight excluding hydrogens is 200 g/mol. The van der Waals surface area contributed by atoms with Crippen molar-refractivity contribution in [1.29, 1.82) is 0 Å². The summed E-state index contributed by atoms with van der Waals surface area (Å²) in [6.45, 7) is 5.96. The highest BCUT2D eigenvalue weighted by molar-refractivity contribution is 5.84. The van der Waals surface area contributed by atoms with E-state index in [0.717, 1.165) is 19.1 Å². The van der Waals surface area contributed by atoms with Crippen LogP contribution in [0.15, 0.2) is 0 Å². The first-order chi connectivity index (χ1) is 7.68. The molecule has 1 atom stereocenters. The molecule has 0 aromatic heterocycles. The molecule has 0 spiro atoms. The summed E-state index contributed by atoms with van der Waals surface area (Å²) in [4.78, 5) is 14.1. The zero-order chi connectivity index (χ0) is 11.5. The van der Waals surface area contributed by atoms with Crippen molar-refractivity contribution in [2.24, 2.45) is 11.8 Å². The lowest BCUT2D eigenvalue weighted by molar-refractivity contribution is -0.130. The first kappa shape index (κ1) is 11.9. The molecule has 2 fully saturated rings. The lowest BCUT2D eigenvalue weighted by atomic mass is 9.89. The van der Waals surface area contributed by atoms with Crippen LogP contribution >= 0.6 is 0 Å². The molecule has 0 bridgehead atoms. The summed E-state index contributed by atoms with van der Waals surface area (Å²) in [5.74, 6) is 1.48. The van der Waals surface area contributed by atoms with Gasteiger partial charge in [0.2, 0.25) is 5.91 Å². The van der Waals surface area contributed by atoms with Crippen molar-refractivity contribution < 1.29 is 4.79 Å². The highest BCUT2D eigenvalue weighted by Gasteiger charge is 2.34. The minimum absolute atomic E-state index is 0.0589. The Hall–Kier alpha value is -0.570. The number of nitrogens with zero attached hydrogens (tertiary/aromatic N) is 1. The second kappa shape index (κ2) is 5.17. The highest BCUT2D eigenvalue weighted by atomic mass is 16.2. The molecule has 3 nitrogen and oxygen atoms in total. The van der Waals surface area contributed by atoms with Crippen LogP contribution in [-0.4, -0.2) is 30.1 Å². The van der Waals surface area contributed by atoms with Gasteiger partial charge >= 0.3 is 0 Å². The van der Waals surface area contributed by atoms with Crippen LogP contribution in [0.25, 0.3) is 0 Å². The van der Waals surface area contributed by atoms with Crippen molar-refractivity contribution in [2.45, 2.75) is 52.0 Å². The van der Waals surface area contributed by atoms with Gasteiger partial charge < -0.3 is 4.90 Å². The van der Waals surface area contributed by atoms with Crippen molar-refractivity contribution in [3.63, 3.8) is 0 Å². The van der Waals surface area contributed by atoms with Crippen LogP contribution in [0, 0.1) is 11.8 Å². The molecule has 3 heteroatoms. The van der Waals surface area contributed by atoms with Gasteiger partial charge in [0.15, 0.2) is 0 Å². The van der Waals surface area contributed by atoms with Crippen LogP contribution in [-0.2, 0) is 4.79 Å². The smallest absolute Gasteiger partial charge is 0.241 e. The Morgan fingerprint density at radius 1 is 1.31 bits per heavy atom. The number of hydrogen-bond donors (Lipinski definition) is 1. The van der Waals surface area contributed by atoms with E-state index in [-0.39, 0.29) is 6.04 Å². The maximum absolute atomic E-state index is 12.1. The zero-order valence-corrected chi connectivity index (χ0v) is 10.5. The van der Waals surface area contributed by atoms with E-state index in [1.807, 2.05) is 4.90 Å². The molecular formula is C13H24N2O. The molecule has 2 rings (SSSR count). The summed E-state index contributed by atoms with van der Waals surface area (Å²) in [6.07, 6.45) is 6.73. The van der Waals surface area contributed by atoms with E-state index in [1.54, 1.807) is 0 Å². The molecule has 1 heterocycles. The largest absolute Gasteiger partial charge is 0.328 e. The maximum atomic E-state index is 12.1. The first-order valence-electron chi connectivity index (χ1n) is 6.70. The molecule has 92 valence electrons. The normalized spacial score (nSPS) is 28.1. The van der Waals surface area contributed by atoms with Crippen molar-refractivity contribution in [1.82, 2.24) is 10.2 Å². The van der Waals surface area contributed by atoms with Gasteiger partial charge in [-0.2, -0.15) is 0 Å². The van der Waals surface area contributed by atoms with E-state index in [2.05, 4.69) is 19.2 Å². The summed E-state index contributed by atoms with van der Waals surface area (Å²) in [5.41, 5.74) is 0. The average molecular weight is 224 g/mol. The average Bonchev–Trinajstić information content (AvgIpc) is 2.62. The Balaban J connectivity index is 1.84. The number of carbonyl (C=O) groups excluding carboxylic acids is 1. The third kappa shape index (κ3) is 2.57. The van der Waals surface area contributed by atoms with E-state index in [4.69, 9.17) is 0 Å². The second-order valence-electron chi connectivity index (χ2n) is 5.65. The Labute approximate surface area is 98.6 Å². The van der Waals surface area contributed by atoms with Crippen LogP contribution in [0.5, 0.6) is 0 Å². The van der Waals surface area contributed by atoms with Gasteiger partial charge in [0, 0.05) is 6.54 Å². The predicted octanol–water partition coefficient (Wildman–Crippen LogP) is 1.98. The van der Waals surface area contributed by atoms with Crippen molar-refractivity contribution in [3.8, 4) is 0 Å². The van der Waals surface area contributed by atoms with Crippen LogP contribution in [0.1, 0.15) is 46.0 Å². The molecule has 0 aromatic carbocycles. The summed E-state index contributed by atoms with van der Waals surface area (Å²) in [7, 11) is 0. The second-order valence-corrected chi connectivity index (χ2v) is 5.65. The van der Waals surface area contributed by atoms with Crippen molar-refractivity contribution in [3.05, 3.63) is 0 Å². The molecule has 1 aliphatic heterocycles. The van der Waals surface area contributed by atoms with Gasteiger partial charge in [-0.1, -0.05) is 33.1 Å². The van der Waals surface area contributed by atoms with Gasteiger partial charge in [-0.15, -0.1) is 0 Å². The minimum atomic E-state index is 0.0589. The number of nitrogens with one attached hydrogen (secondary N) is 1. The SMILES string of the molecule is CC(C)C1NCN(CC2CCCCC2)C1=O. The molecule has 0 aromatic rings. The molecule has 1 aliphatic carbocycles. The summed E-state index contributed by atoms with van der Waals surface area (Å²) < 4.78 is 0. The van der Waals surface area contributed by atoms with Gasteiger partial charge in [-0.05, 0) is 24.7 Å². The van der Waals surface area contributed by atoms with Gasteiger partial charge in [-0.25, -0.2) is 0 Å². The third-order valence-corrected chi connectivity index (χ3v) is 3.95. The number of rotatable bonds is 3. The standard InChI is InChI=1S/C13H24N2O/c1-10(2)12-13(16)15(9-14-12)8-11-6-4-3-5-7-11/h10-12,14H,3-9H2,1-2H3. The zero-order valence-electron chi connectivity index (χ0n) is 10.5. The monoisotopic (exact) mass is 224 g/mol. The summed E-state index contributed by atoms with van der Waals surface area (Å²) >= 11 is 0. The van der Waals surface area contributed by atoms with E-state index >= 15 is 0 Å².